The van der Waals surface area contributed by atoms with Crippen LogP contribution in [0.2, 0.25) is 0 Å². The summed E-state index contributed by atoms with van der Waals surface area (Å²) in [6.45, 7) is 3.27. The molecule has 98 valence electrons. The molecule has 0 radical (unpaired) electrons. The zero-order valence-corrected chi connectivity index (χ0v) is 11.0. The van der Waals surface area contributed by atoms with E-state index >= 15 is 0 Å². The number of nitrogens with zero attached hydrogens (tertiary/aromatic N) is 2. The largest absolute Gasteiger partial charge is 0.397 e. The van der Waals surface area contributed by atoms with E-state index < -0.39 is 0 Å². The number of hydrogen-bond acceptors (Lipinski definition) is 3. The topological polar surface area (TPSA) is 42.1 Å². The second kappa shape index (κ2) is 5.41. The van der Waals surface area contributed by atoms with Crippen molar-refractivity contribution in [2.45, 2.75) is 19.4 Å². The zero-order chi connectivity index (χ0) is 13.1. The fraction of sp³-hybridized carbons (Fsp3) is 0.312. The van der Waals surface area contributed by atoms with E-state index in [1.807, 2.05) is 12.1 Å². The number of rotatable bonds is 3. The molecule has 19 heavy (non-hydrogen) atoms. The molecule has 0 fully saturated rings. The van der Waals surface area contributed by atoms with Crippen molar-refractivity contribution in [2.75, 3.05) is 18.8 Å². The molecule has 0 aliphatic carbocycles. The molecule has 2 aromatic rings. The van der Waals surface area contributed by atoms with Crippen molar-refractivity contribution >= 4 is 5.69 Å². The SMILES string of the molecule is Nc1ccc(CCN2CCc3ccccc3C2)nc1. The van der Waals surface area contributed by atoms with Crippen LogP contribution < -0.4 is 5.73 Å². The molecule has 1 aromatic carbocycles. The highest BCUT2D eigenvalue weighted by Gasteiger charge is 2.15. The van der Waals surface area contributed by atoms with Gasteiger partial charge in [0.05, 0.1) is 11.9 Å². The molecule has 3 heteroatoms. The van der Waals surface area contributed by atoms with Gasteiger partial charge in [-0.25, -0.2) is 0 Å². The van der Waals surface area contributed by atoms with Gasteiger partial charge in [0.1, 0.15) is 0 Å². The molecule has 0 spiro atoms. The molecule has 0 bridgehead atoms. The van der Waals surface area contributed by atoms with Gasteiger partial charge in [0.2, 0.25) is 0 Å². The Hall–Kier alpha value is -1.87. The van der Waals surface area contributed by atoms with Gasteiger partial charge in [0, 0.05) is 31.7 Å². The van der Waals surface area contributed by atoms with Gasteiger partial charge in [-0.2, -0.15) is 0 Å². The van der Waals surface area contributed by atoms with Crippen molar-refractivity contribution in [3.63, 3.8) is 0 Å². The van der Waals surface area contributed by atoms with Crippen LogP contribution in [0.5, 0.6) is 0 Å². The molecule has 3 nitrogen and oxygen atoms in total. The Morgan fingerprint density at radius 2 is 1.95 bits per heavy atom. The Balaban J connectivity index is 1.59. The third-order valence-electron chi connectivity index (χ3n) is 3.74. The summed E-state index contributed by atoms with van der Waals surface area (Å²) >= 11 is 0. The first kappa shape index (κ1) is 12.2. The Kier molecular flexibility index (Phi) is 3.47. The molecule has 1 aromatic heterocycles. The molecular weight excluding hydrogens is 234 g/mol. The van der Waals surface area contributed by atoms with Gasteiger partial charge in [0.25, 0.3) is 0 Å². The lowest BCUT2D eigenvalue weighted by atomic mass is 10.00. The summed E-state index contributed by atoms with van der Waals surface area (Å²) in [5, 5.41) is 0. The van der Waals surface area contributed by atoms with Crippen LogP contribution in [-0.2, 0) is 19.4 Å². The summed E-state index contributed by atoms with van der Waals surface area (Å²) in [4.78, 5) is 6.86. The van der Waals surface area contributed by atoms with Gasteiger partial charge >= 0.3 is 0 Å². The quantitative estimate of drug-likeness (QED) is 0.912. The third kappa shape index (κ3) is 2.93. The molecule has 2 heterocycles. The van der Waals surface area contributed by atoms with Crippen molar-refractivity contribution < 1.29 is 0 Å². The minimum Gasteiger partial charge on any atom is -0.397 e. The van der Waals surface area contributed by atoms with E-state index in [9.17, 15) is 0 Å². The molecule has 0 saturated carbocycles. The Labute approximate surface area is 114 Å². The van der Waals surface area contributed by atoms with Crippen molar-refractivity contribution in [2.24, 2.45) is 0 Å². The number of benzene rings is 1. The number of nitrogen functional groups attached to an aromatic ring is 1. The van der Waals surface area contributed by atoms with Gasteiger partial charge in [-0.05, 0) is 29.7 Å². The zero-order valence-electron chi connectivity index (χ0n) is 11.0. The molecule has 0 atom stereocenters. The Morgan fingerprint density at radius 1 is 1.11 bits per heavy atom. The van der Waals surface area contributed by atoms with Gasteiger partial charge in [0.15, 0.2) is 0 Å². The maximum absolute atomic E-state index is 5.65. The summed E-state index contributed by atoms with van der Waals surface area (Å²) < 4.78 is 0. The van der Waals surface area contributed by atoms with Crippen LogP contribution in [0.3, 0.4) is 0 Å². The fourth-order valence-corrected chi connectivity index (χ4v) is 2.60. The van der Waals surface area contributed by atoms with Crippen LogP contribution in [0.4, 0.5) is 5.69 Å². The maximum Gasteiger partial charge on any atom is 0.0501 e. The van der Waals surface area contributed by atoms with Crippen LogP contribution in [0.1, 0.15) is 16.8 Å². The average molecular weight is 253 g/mol. The predicted octanol–water partition coefficient (Wildman–Crippen LogP) is 2.26. The molecule has 0 amide bonds. The lowest BCUT2D eigenvalue weighted by Gasteiger charge is -2.28. The standard InChI is InChI=1S/C16H19N3/c17-15-5-6-16(18-11-15)8-10-19-9-7-13-3-1-2-4-14(13)12-19/h1-6,11H,7-10,12,17H2. The normalized spacial score (nSPS) is 15.2. The maximum atomic E-state index is 5.65. The van der Waals surface area contributed by atoms with Crippen molar-refractivity contribution in [1.82, 2.24) is 9.88 Å². The summed E-state index contributed by atoms with van der Waals surface area (Å²) in [6, 6.07) is 12.7. The van der Waals surface area contributed by atoms with Gasteiger partial charge in [-0.3, -0.25) is 9.88 Å². The molecule has 3 rings (SSSR count). The lowest BCUT2D eigenvalue weighted by molar-refractivity contribution is 0.256. The van der Waals surface area contributed by atoms with Crippen LogP contribution in [0.25, 0.3) is 0 Å². The van der Waals surface area contributed by atoms with E-state index in [-0.39, 0.29) is 0 Å². The minimum absolute atomic E-state index is 0.732. The number of aromatic nitrogens is 1. The van der Waals surface area contributed by atoms with E-state index in [0.717, 1.165) is 43.9 Å². The number of hydrogen-bond donors (Lipinski definition) is 1. The first-order valence-corrected chi connectivity index (χ1v) is 6.81. The molecule has 1 aliphatic heterocycles. The van der Waals surface area contributed by atoms with Gasteiger partial charge in [-0.15, -0.1) is 0 Å². The highest BCUT2D eigenvalue weighted by molar-refractivity contribution is 5.34. The predicted molar refractivity (Wildman–Crippen MR) is 77.8 cm³/mol. The van der Waals surface area contributed by atoms with E-state index in [2.05, 4.69) is 34.1 Å². The summed E-state index contributed by atoms with van der Waals surface area (Å²) in [5.41, 5.74) is 10.5. The summed E-state index contributed by atoms with van der Waals surface area (Å²) in [6.07, 6.45) is 3.88. The fourth-order valence-electron chi connectivity index (χ4n) is 2.60. The summed E-state index contributed by atoms with van der Waals surface area (Å²) in [5.74, 6) is 0. The summed E-state index contributed by atoms with van der Waals surface area (Å²) in [7, 11) is 0. The molecule has 0 unspecified atom stereocenters. The highest BCUT2D eigenvalue weighted by atomic mass is 15.1. The smallest absolute Gasteiger partial charge is 0.0501 e. The highest BCUT2D eigenvalue weighted by Crippen LogP contribution is 2.18. The van der Waals surface area contributed by atoms with E-state index in [1.165, 1.54) is 11.1 Å². The number of nitrogens with two attached hydrogens (primary N) is 1. The number of fused-ring (bicyclic) bond motifs is 1. The van der Waals surface area contributed by atoms with Crippen molar-refractivity contribution in [3.8, 4) is 0 Å². The van der Waals surface area contributed by atoms with Gasteiger partial charge in [-0.1, -0.05) is 24.3 Å². The number of pyridine rings is 1. The molecule has 0 saturated heterocycles. The van der Waals surface area contributed by atoms with E-state index in [4.69, 9.17) is 5.73 Å². The second-order valence-corrected chi connectivity index (χ2v) is 5.13. The average Bonchev–Trinajstić information content (AvgIpc) is 2.46. The van der Waals surface area contributed by atoms with Gasteiger partial charge < -0.3 is 5.73 Å². The second-order valence-electron chi connectivity index (χ2n) is 5.13. The Bertz CT molecular complexity index is 548. The van der Waals surface area contributed by atoms with Crippen LogP contribution in [0.15, 0.2) is 42.6 Å². The van der Waals surface area contributed by atoms with E-state index in [0.29, 0.717) is 0 Å². The lowest BCUT2D eigenvalue weighted by Crippen LogP contribution is -2.32. The Morgan fingerprint density at radius 3 is 2.74 bits per heavy atom. The minimum atomic E-state index is 0.732. The molecular formula is C16H19N3. The molecule has 1 aliphatic rings. The van der Waals surface area contributed by atoms with Crippen molar-refractivity contribution in [1.29, 1.82) is 0 Å². The first-order chi connectivity index (χ1) is 9.31. The number of anilines is 1. The monoisotopic (exact) mass is 253 g/mol. The third-order valence-corrected chi connectivity index (χ3v) is 3.74. The molecule has 2 N–H and O–H groups in total. The first-order valence-electron chi connectivity index (χ1n) is 6.81. The van der Waals surface area contributed by atoms with E-state index in [1.54, 1.807) is 6.20 Å². The van der Waals surface area contributed by atoms with Crippen molar-refractivity contribution in [3.05, 3.63) is 59.4 Å². The van der Waals surface area contributed by atoms with Crippen LogP contribution in [0, 0.1) is 0 Å². The van der Waals surface area contributed by atoms with Crippen LogP contribution in [-0.4, -0.2) is 23.0 Å². The van der Waals surface area contributed by atoms with Crippen LogP contribution >= 0.6 is 0 Å².